The quantitative estimate of drug-likeness (QED) is 0.735. The minimum Gasteiger partial charge on any atom is -0.491 e. The van der Waals surface area contributed by atoms with Gasteiger partial charge in [-0.3, -0.25) is 4.79 Å². The van der Waals surface area contributed by atoms with E-state index in [0.717, 1.165) is 44.5 Å². The lowest BCUT2D eigenvalue weighted by Gasteiger charge is -2.26. The lowest BCUT2D eigenvalue weighted by atomic mass is 9.86. The SMILES string of the molecule is CC(O)Cc1ccc2c(c1)CC[C@H](NC(=O)c1ccc(OC[C@@H]3CCCO3)cc1)C2. The van der Waals surface area contributed by atoms with Gasteiger partial charge in [-0.05, 0) is 86.4 Å². The Morgan fingerprint density at radius 1 is 1.20 bits per heavy atom. The molecule has 1 amide bonds. The van der Waals surface area contributed by atoms with Gasteiger partial charge in [0.2, 0.25) is 0 Å². The van der Waals surface area contributed by atoms with Gasteiger partial charge in [-0.15, -0.1) is 0 Å². The van der Waals surface area contributed by atoms with Crippen LogP contribution >= 0.6 is 0 Å². The lowest BCUT2D eigenvalue weighted by molar-refractivity contribution is 0.0679. The van der Waals surface area contributed by atoms with E-state index in [-0.39, 0.29) is 24.2 Å². The second kappa shape index (κ2) is 9.63. The number of rotatable bonds is 7. The first-order chi connectivity index (χ1) is 14.6. The Balaban J connectivity index is 1.29. The van der Waals surface area contributed by atoms with Crippen molar-refractivity contribution in [1.29, 1.82) is 0 Å². The largest absolute Gasteiger partial charge is 0.491 e. The van der Waals surface area contributed by atoms with Gasteiger partial charge in [0.1, 0.15) is 12.4 Å². The summed E-state index contributed by atoms with van der Waals surface area (Å²) in [6.07, 6.45) is 5.41. The van der Waals surface area contributed by atoms with Gasteiger partial charge in [0.25, 0.3) is 5.91 Å². The normalized spacial score (nSPS) is 21.7. The van der Waals surface area contributed by atoms with Crippen molar-refractivity contribution in [2.45, 2.75) is 63.7 Å². The van der Waals surface area contributed by atoms with Crippen LogP contribution in [-0.4, -0.2) is 42.5 Å². The van der Waals surface area contributed by atoms with Gasteiger partial charge in [-0.1, -0.05) is 18.2 Å². The van der Waals surface area contributed by atoms with E-state index in [2.05, 4.69) is 23.5 Å². The summed E-state index contributed by atoms with van der Waals surface area (Å²) in [4.78, 5) is 12.7. The van der Waals surface area contributed by atoms with E-state index >= 15 is 0 Å². The van der Waals surface area contributed by atoms with Crippen LogP contribution in [0.15, 0.2) is 42.5 Å². The zero-order valence-corrected chi connectivity index (χ0v) is 17.6. The number of aryl methyl sites for hydroxylation is 1. The molecule has 0 radical (unpaired) electrons. The highest BCUT2D eigenvalue weighted by atomic mass is 16.5. The standard InChI is InChI=1S/C25H31NO4/c1-17(27)13-18-4-5-21-15-22(9-6-20(21)14-18)26-25(28)19-7-10-23(11-8-19)30-16-24-3-2-12-29-24/h4-5,7-8,10-11,14,17,22,24,27H,2-3,6,9,12-13,15-16H2,1H3,(H,26,28)/t17?,22-,24-/m0/s1. The van der Waals surface area contributed by atoms with Gasteiger partial charge >= 0.3 is 0 Å². The van der Waals surface area contributed by atoms with Crippen LogP contribution in [0.25, 0.3) is 0 Å². The number of aliphatic hydroxyl groups excluding tert-OH is 1. The Kier molecular flexibility index (Phi) is 6.70. The fraction of sp³-hybridized carbons (Fsp3) is 0.480. The van der Waals surface area contributed by atoms with E-state index in [1.165, 1.54) is 16.7 Å². The second-order valence-corrected chi connectivity index (χ2v) is 8.54. The van der Waals surface area contributed by atoms with Gasteiger partial charge in [0, 0.05) is 18.2 Å². The van der Waals surface area contributed by atoms with Crippen molar-refractivity contribution in [1.82, 2.24) is 5.32 Å². The molecule has 4 rings (SSSR count). The minimum absolute atomic E-state index is 0.0418. The molecule has 2 aliphatic rings. The van der Waals surface area contributed by atoms with E-state index < -0.39 is 0 Å². The summed E-state index contributed by atoms with van der Waals surface area (Å²) >= 11 is 0. The Morgan fingerprint density at radius 3 is 2.77 bits per heavy atom. The minimum atomic E-state index is -0.327. The van der Waals surface area contributed by atoms with Crippen LogP contribution in [0.1, 0.15) is 53.2 Å². The maximum Gasteiger partial charge on any atom is 0.251 e. The van der Waals surface area contributed by atoms with Crippen molar-refractivity contribution in [3.8, 4) is 5.75 Å². The first-order valence-electron chi connectivity index (χ1n) is 11.0. The van der Waals surface area contributed by atoms with Crippen LogP contribution in [-0.2, 0) is 24.0 Å². The van der Waals surface area contributed by atoms with Crippen LogP contribution in [0.2, 0.25) is 0 Å². The third kappa shape index (κ3) is 5.41. The highest BCUT2D eigenvalue weighted by Crippen LogP contribution is 2.24. The first kappa shape index (κ1) is 20.9. The molecule has 1 saturated heterocycles. The number of benzene rings is 2. The van der Waals surface area contributed by atoms with Crippen molar-refractivity contribution in [2.75, 3.05) is 13.2 Å². The molecule has 2 N–H and O–H groups in total. The van der Waals surface area contributed by atoms with Crippen molar-refractivity contribution in [3.63, 3.8) is 0 Å². The highest BCUT2D eigenvalue weighted by Gasteiger charge is 2.21. The first-order valence-corrected chi connectivity index (χ1v) is 11.0. The van der Waals surface area contributed by atoms with Crippen molar-refractivity contribution >= 4 is 5.91 Å². The molecule has 2 aromatic carbocycles. The van der Waals surface area contributed by atoms with E-state index in [1.807, 2.05) is 31.2 Å². The smallest absolute Gasteiger partial charge is 0.251 e. The number of hydrogen-bond acceptors (Lipinski definition) is 4. The average molecular weight is 410 g/mol. The molecular formula is C25H31NO4. The van der Waals surface area contributed by atoms with Crippen molar-refractivity contribution in [3.05, 3.63) is 64.7 Å². The van der Waals surface area contributed by atoms with E-state index in [0.29, 0.717) is 18.6 Å². The van der Waals surface area contributed by atoms with Gasteiger partial charge < -0.3 is 19.9 Å². The topological polar surface area (TPSA) is 67.8 Å². The molecule has 1 fully saturated rings. The number of carbonyl (C=O) groups is 1. The van der Waals surface area contributed by atoms with Crippen molar-refractivity contribution < 1.29 is 19.4 Å². The maximum atomic E-state index is 12.7. The molecule has 5 nitrogen and oxygen atoms in total. The molecule has 160 valence electrons. The highest BCUT2D eigenvalue weighted by molar-refractivity contribution is 5.94. The molecule has 30 heavy (non-hydrogen) atoms. The number of fused-ring (bicyclic) bond motifs is 1. The van der Waals surface area contributed by atoms with Gasteiger partial charge in [0.15, 0.2) is 0 Å². The molecule has 5 heteroatoms. The predicted molar refractivity (Wildman–Crippen MR) is 116 cm³/mol. The molecule has 1 heterocycles. The zero-order chi connectivity index (χ0) is 20.9. The summed E-state index contributed by atoms with van der Waals surface area (Å²) in [5.74, 6) is 0.724. The second-order valence-electron chi connectivity index (χ2n) is 8.54. The van der Waals surface area contributed by atoms with Crippen LogP contribution in [0.3, 0.4) is 0 Å². The number of ether oxygens (including phenoxy) is 2. The zero-order valence-electron chi connectivity index (χ0n) is 17.6. The van der Waals surface area contributed by atoms with Gasteiger partial charge in [0.05, 0.1) is 12.2 Å². The fourth-order valence-electron chi connectivity index (χ4n) is 4.34. The summed E-state index contributed by atoms with van der Waals surface area (Å²) in [7, 11) is 0. The molecule has 2 aromatic rings. The Labute approximate surface area is 178 Å². The Morgan fingerprint density at radius 2 is 2.03 bits per heavy atom. The monoisotopic (exact) mass is 409 g/mol. The predicted octanol–water partition coefficient (Wildman–Crippen LogP) is 3.46. The molecule has 1 aliphatic heterocycles. The van der Waals surface area contributed by atoms with Crippen LogP contribution in [0.4, 0.5) is 0 Å². The summed E-state index contributed by atoms with van der Waals surface area (Å²) in [6.45, 7) is 3.20. The van der Waals surface area contributed by atoms with Crippen molar-refractivity contribution in [2.24, 2.45) is 0 Å². The molecule has 1 aliphatic carbocycles. The summed E-state index contributed by atoms with van der Waals surface area (Å²) < 4.78 is 11.3. The third-order valence-corrected chi connectivity index (χ3v) is 5.94. The van der Waals surface area contributed by atoms with E-state index in [9.17, 15) is 9.90 Å². The number of nitrogens with one attached hydrogen (secondary N) is 1. The van der Waals surface area contributed by atoms with Crippen LogP contribution < -0.4 is 10.1 Å². The lowest BCUT2D eigenvalue weighted by Crippen LogP contribution is -2.38. The molecular weight excluding hydrogens is 378 g/mol. The van der Waals surface area contributed by atoms with E-state index in [4.69, 9.17) is 9.47 Å². The summed E-state index contributed by atoms with van der Waals surface area (Å²) in [6, 6.07) is 13.9. The number of aliphatic hydroxyl groups is 1. The third-order valence-electron chi connectivity index (χ3n) is 5.94. The molecule has 0 bridgehead atoms. The van der Waals surface area contributed by atoms with Crippen LogP contribution in [0.5, 0.6) is 5.75 Å². The summed E-state index contributed by atoms with van der Waals surface area (Å²) in [5, 5.41) is 12.8. The molecule has 3 atom stereocenters. The fourth-order valence-corrected chi connectivity index (χ4v) is 4.34. The maximum absolute atomic E-state index is 12.7. The van der Waals surface area contributed by atoms with Gasteiger partial charge in [-0.2, -0.15) is 0 Å². The average Bonchev–Trinajstić information content (AvgIpc) is 3.26. The molecule has 0 aromatic heterocycles. The van der Waals surface area contributed by atoms with E-state index in [1.54, 1.807) is 0 Å². The Bertz CT molecular complexity index is 856. The Hall–Kier alpha value is -2.37. The number of amides is 1. The molecule has 0 saturated carbocycles. The summed E-state index contributed by atoms with van der Waals surface area (Å²) in [5.41, 5.74) is 4.45. The van der Waals surface area contributed by atoms with Gasteiger partial charge in [-0.25, -0.2) is 0 Å². The number of hydrogen-bond donors (Lipinski definition) is 2. The number of carbonyl (C=O) groups excluding carboxylic acids is 1. The molecule has 0 spiro atoms. The molecule has 1 unspecified atom stereocenters. The van der Waals surface area contributed by atoms with Crippen LogP contribution in [0, 0.1) is 0 Å².